The van der Waals surface area contributed by atoms with Crippen LogP contribution in [-0.2, 0) is 14.3 Å². The highest BCUT2D eigenvalue weighted by Gasteiger charge is 2.75. The smallest absolute Gasteiger partial charge is 0.381 e. The monoisotopic (exact) mass is 442 g/mol. The maximum Gasteiger partial charge on any atom is 0.381 e. The normalized spacial score (nSPS) is 12.8. The summed E-state index contributed by atoms with van der Waals surface area (Å²) in [4.78, 5) is 22.8. The van der Waals surface area contributed by atoms with Crippen molar-refractivity contribution in [2.45, 2.75) is 37.0 Å². The van der Waals surface area contributed by atoms with Crippen molar-refractivity contribution in [2.24, 2.45) is 0 Å². The molecule has 1 aromatic carbocycles. The average molecular weight is 443 g/mol. The van der Waals surface area contributed by atoms with Crippen LogP contribution in [0.1, 0.15) is 12.8 Å². The molecule has 0 atom stereocenters. The van der Waals surface area contributed by atoms with E-state index in [0.29, 0.717) is 0 Å². The fourth-order valence-corrected chi connectivity index (χ4v) is 1.79. The summed E-state index contributed by atoms with van der Waals surface area (Å²) >= 11 is 5.69. The number of carbonyl (C=O) groups excluding carboxylic acids is 2. The molecule has 0 aliphatic carbocycles. The van der Waals surface area contributed by atoms with Gasteiger partial charge in [0.15, 0.2) is 6.61 Å². The van der Waals surface area contributed by atoms with E-state index in [9.17, 15) is 44.7 Å². The predicted octanol–water partition coefficient (Wildman–Crippen LogP) is 4.74. The van der Waals surface area contributed by atoms with E-state index in [0.717, 1.165) is 0 Å². The Kier molecular flexibility index (Phi) is 7.63. The molecule has 1 aromatic rings. The van der Waals surface area contributed by atoms with Crippen molar-refractivity contribution in [1.29, 1.82) is 0 Å². The van der Waals surface area contributed by atoms with Crippen molar-refractivity contribution < 1.29 is 54.2 Å². The Morgan fingerprint density at radius 2 is 1.50 bits per heavy atom. The van der Waals surface area contributed by atoms with Gasteiger partial charge in [-0.3, -0.25) is 9.59 Å². The summed E-state index contributed by atoms with van der Waals surface area (Å²) < 4.78 is 110. The summed E-state index contributed by atoms with van der Waals surface area (Å²) in [5, 5.41) is 0.0419. The van der Waals surface area contributed by atoms with Crippen LogP contribution in [0.2, 0.25) is 5.02 Å². The van der Waals surface area contributed by atoms with E-state index in [2.05, 4.69) is 4.74 Å². The molecule has 0 spiro atoms. The maximum atomic E-state index is 13.2. The summed E-state index contributed by atoms with van der Waals surface area (Å²) in [6, 6.07) is 5.64. The van der Waals surface area contributed by atoms with E-state index in [1.807, 2.05) is 0 Å². The van der Waals surface area contributed by atoms with Gasteiger partial charge in [-0.15, -0.1) is 0 Å². The van der Waals surface area contributed by atoms with E-state index in [1.54, 1.807) is 0 Å². The molecule has 0 saturated carbocycles. The highest BCUT2D eigenvalue weighted by atomic mass is 35.5. The topological polar surface area (TPSA) is 52.6 Å². The molecule has 0 unspecified atom stereocenters. The highest BCUT2D eigenvalue weighted by molar-refractivity contribution is 6.32. The van der Waals surface area contributed by atoms with Gasteiger partial charge in [0, 0.05) is 0 Å². The van der Waals surface area contributed by atoms with Crippen LogP contribution >= 0.6 is 11.6 Å². The molecule has 0 saturated heterocycles. The lowest BCUT2D eigenvalue weighted by Crippen LogP contribution is -2.59. The third-order valence-corrected chi connectivity index (χ3v) is 3.47. The molecule has 0 heterocycles. The summed E-state index contributed by atoms with van der Waals surface area (Å²) in [7, 11) is 0. The van der Waals surface area contributed by atoms with Crippen LogP contribution in [0.25, 0.3) is 0 Å². The zero-order valence-electron chi connectivity index (χ0n) is 13.5. The Hall–Kier alpha value is -2.11. The summed E-state index contributed by atoms with van der Waals surface area (Å²) in [5.74, 6) is -21.4. The summed E-state index contributed by atoms with van der Waals surface area (Å²) in [6.07, 6.45) is -6.77. The van der Waals surface area contributed by atoms with Crippen molar-refractivity contribution >= 4 is 23.5 Å². The van der Waals surface area contributed by atoms with Crippen LogP contribution in [0, 0.1) is 0 Å². The summed E-state index contributed by atoms with van der Waals surface area (Å²) in [6.45, 7) is -2.60. The van der Waals surface area contributed by atoms with Gasteiger partial charge in [-0.05, 0) is 12.1 Å². The zero-order chi connectivity index (χ0) is 21.8. The van der Waals surface area contributed by atoms with Crippen molar-refractivity contribution in [3.05, 3.63) is 29.3 Å². The standard InChI is InChI=1S/C15H11ClF8O4/c16-8-3-1-2-4-9(8)28-11(26)6-5-10(25)27-7-13(19,20)15(23,24)14(21,22)12(17)18/h1-4,12H,5-7H2. The quantitative estimate of drug-likeness (QED) is 0.315. The summed E-state index contributed by atoms with van der Waals surface area (Å²) in [5.41, 5.74) is 0. The second-order valence-electron chi connectivity index (χ2n) is 5.27. The van der Waals surface area contributed by atoms with E-state index in [-0.39, 0.29) is 10.8 Å². The predicted molar refractivity (Wildman–Crippen MR) is 78.1 cm³/mol. The molecule has 0 aromatic heterocycles. The number of hydrogen-bond donors (Lipinski definition) is 0. The Morgan fingerprint density at radius 1 is 0.964 bits per heavy atom. The van der Waals surface area contributed by atoms with Crippen molar-refractivity contribution in [3.8, 4) is 5.75 Å². The largest absolute Gasteiger partial charge is 0.459 e. The van der Waals surface area contributed by atoms with Crippen molar-refractivity contribution in [1.82, 2.24) is 0 Å². The SMILES string of the molecule is O=C(CCC(=O)Oc1ccccc1Cl)OCC(F)(F)C(F)(F)C(F)(F)C(F)F. The molecule has 13 heteroatoms. The molecular weight excluding hydrogens is 432 g/mol. The third kappa shape index (κ3) is 5.46. The molecule has 0 N–H and O–H groups in total. The molecule has 4 nitrogen and oxygen atoms in total. The molecule has 28 heavy (non-hydrogen) atoms. The van der Waals surface area contributed by atoms with E-state index < -0.39 is 55.6 Å². The first-order valence-corrected chi connectivity index (χ1v) is 7.62. The number of rotatable bonds is 9. The lowest BCUT2D eigenvalue weighted by atomic mass is 10.1. The number of para-hydroxylation sites is 1. The molecule has 158 valence electrons. The number of halogens is 9. The molecule has 0 amide bonds. The molecule has 0 aliphatic rings. The molecule has 0 fully saturated rings. The lowest BCUT2D eigenvalue weighted by molar-refractivity contribution is -0.344. The maximum absolute atomic E-state index is 13.2. The second-order valence-corrected chi connectivity index (χ2v) is 5.67. The first-order valence-electron chi connectivity index (χ1n) is 7.25. The molecular formula is C15H11ClF8O4. The van der Waals surface area contributed by atoms with Gasteiger partial charge in [0.2, 0.25) is 0 Å². The van der Waals surface area contributed by atoms with Crippen LogP contribution in [0.5, 0.6) is 5.75 Å². The first kappa shape index (κ1) is 23.9. The number of alkyl halides is 8. The van der Waals surface area contributed by atoms with E-state index in [1.165, 1.54) is 24.3 Å². The van der Waals surface area contributed by atoms with Gasteiger partial charge in [-0.1, -0.05) is 23.7 Å². The Morgan fingerprint density at radius 3 is 2.04 bits per heavy atom. The Labute approximate surface area is 157 Å². The van der Waals surface area contributed by atoms with Gasteiger partial charge < -0.3 is 9.47 Å². The van der Waals surface area contributed by atoms with Gasteiger partial charge in [0.1, 0.15) is 5.75 Å². The number of hydrogen-bond acceptors (Lipinski definition) is 4. The fraction of sp³-hybridized carbons (Fsp3) is 0.467. The molecule has 0 radical (unpaired) electrons. The Bertz CT molecular complexity index is 711. The minimum Gasteiger partial charge on any atom is -0.459 e. The van der Waals surface area contributed by atoms with Gasteiger partial charge in [-0.2, -0.15) is 26.3 Å². The minimum atomic E-state index is -6.49. The van der Waals surface area contributed by atoms with Gasteiger partial charge in [0.25, 0.3) is 0 Å². The number of benzene rings is 1. The van der Waals surface area contributed by atoms with Crippen LogP contribution in [0.15, 0.2) is 24.3 Å². The number of esters is 2. The average Bonchev–Trinajstić information content (AvgIpc) is 2.59. The van der Waals surface area contributed by atoms with Crippen LogP contribution < -0.4 is 4.74 Å². The first-order chi connectivity index (χ1) is 12.7. The molecule has 0 aliphatic heterocycles. The van der Waals surface area contributed by atoms with Crippen LogP contribution in [0.4, 0.5) is 35.1 Å². The number of carbonyl (C=O) groups is 2. The second kappa shape index (κ2) is 8.93. The van der Waals surface area contributed by atoms with Crippen molar-refractivity contribution in [2.75, 3.05) is 6.61 Å². The third-order valence-electron chi connectivity index (χ3n) is 3.16. The van der Waals surface area contributed by atoms with Crippen LogP contribution in [0.3, 0.4) is 0 Å². The molecule has 1 rings (SSSR count). The van der Waals surface area contributed by atoms with E-state index in [4.69, 9.17) is 16.3 Å². The van der Waals surface area contributed by atoms with Crippen molar-refractivity contribution in [3.63, 3.8) is 0 Å². The Balaban J connectivity index is 2.57. The van der Waals surface area contributed by atoms with Gasteiger partial charge >= 0.3 is 36.1 Å². The van der Waals surface area contributed by atoms with Gasteiger partial charge in [0.05, 0.1) is 17.9 Å². The van der Waals surface area contributed by atoms with Gasteiger partial charge in [-0.25, -0.2) is 8.78 Å². The zero-order valence-corrected chi connectivity index (χ0v) is 14.3. The minimum absolute atomic E-state index is 0.0419. The lowest BCUT2D eigenvalue weighted by Gasteiger charge is -2.31. The number of ether oxygens (including phenoxy) is 2. The highest BCUT2D eigenvalue weighted by Crippen LogP contribution is 2.48. The molecule has 0 bridgehead atoms. The van der Waals surface area contributed by atoms with E-state index >= 15 is 0 Å². The van der Waals surface area contributed by atoms with Crippen LogP contribution in [-0.4, -0.2) is 42.7 Å². The fourth-order valence-electron chi connectivity index (χ4n) is 1.62.